The van der Waals surface area contributed by atoms with Crippen molar-refractivity contribution >= 4 is 50.1 Å². The number of sulfonamides is 1. The monoisotopic (exact) mass is 614 g/mol. The first kappa shape index (κ1) is 28.1. The van der Waals surface area contributed by atoms with Crippen molar-refractivity contribution in [1.29, 1.82) is 0 Å². The van der Waals surface area contributed by atoms with E-state index in [0.717, 1.165) is 19.3 Å². The second-order valence-corrected chi connectivity index (χ2v) is 13.1. The van der Waals surface area contributed by atoms with Crippen molar-refractivity contribution in [3.05, 3.63) is 74.8 Å². The lowest BCUT2D eigenvalue weighted by Crippen LogP contribution is -2.32. The second kappa shape index (κ2) is 10.1. The molecule has 2 aliphatic rings. The highest BCUT2D eigenvalue weighted by Gasteiger charge is 2.57. The highest BCUT2D eigenvalue weighted by Crippen LogP contribution is 2.58. The van der Waals surface area contributed by atoms with Crippen molar-refractivity contribution in [2.75, 3.05) is 29.6 Å². The van der Waals surface area contributed by atoms with Crippen LogP contribution in [0.4, 0.5) is 16.0 Å². The van der Waals surface area contributed by atoms with Crippen LogP contribution >= 0.6 is 11.6 Å². The number of aryl methyl sites for hydroxylation is 1. The molecule has 12 nitrogen and oxygen atoms in total. The number of hydrogen-bond acceptors (Lipinski definition) is 9. The van der Waals surface area contributed by atoms with E-state index < -0.39 is 27.8 Å². The third-order valence-corrected chi connectivity index (χ3v) is 8.70. The standard InChI is InChI=1S/C27H28ClFN8O4S/c1-13(31-20-5-6-21(28)32-24(20)25(38)34-42(4,40)41)16-7-15(29)8-17-23(16)33-27(36(3)26(17)39)37-11-18-19(12-37)22(18)14-9-30-35(2)10-14/h5-10,13,18-19,22,31H,11-12H2,1-4H3,(H,34,38)/t13-,18-,19+,22?/m1/s1. The van der Waals surface area contributed by atoms with E-state index in [4.69, 9.17) is 16.6 Å². The number of carbonyl (C=O) groups excluding carboxylic acids is 1. The SMILES string of the molecule is C[C@@H](Nc1ccc(Cl)nc1C(=O)NS(C)(=O)=O)c1cc(F)cc2c(=O)n(C)c(N3C[C@@H]4C(c5cnn(C)c5)[C@@H]4C3)nc12. The number of anilines is 2. The lowest BCUT2D eigenvalue weighted by Gasteiger charge is -2.24. The van der Waals surface area contributed by atoms with E-state index in [2.05, 4.69) is 20.3 Å². The van der Waals surface area contributed by atoms with Gasteiger partial charge in [-0.05, 0) is 54.5 Å². The van der Waals surface area contributed by atoms with E-state index >= 15 is 0 Å². The maximum atomic E-state index is 14.8. The summed E-state index contributed by atoms with van der Waals surface area (Å²) in [6, 6.07) is 4.68. The van der Waals surface area contributed by atoms with Crippen molar-refractivity contribution in [2.45, 2.75) is 18.9 Å². The molecule has 0 spiro atoms. The Labute approximate surface area is 245 Å². The first-order valence-electron chi connectivity index (χ1n) is 13.2. The van der Waals surface area contributed by atoms with Crippen molar-refractivity contribution in [3.63, 3.8) is 0 Å². The molecule has 4 atom stereocenters. The van der Waals surface area contributed by atoms with E-state index in [-0.39, 0.29) is 27.5 Å². The lowest BCUT2D eigenvalue weighted by molar-refractivity contribution is 0.0977. The molecule has 4 heterocycles. The second-order valence-electron chi connectivity index (χ2n) is 11.0. The lowest BCUT2D eigenvalue weighted by atomic mass is 10.0. The summed E-state index contributed by atoms with van der Waals surface area (Å²) < 4.78 is 43.3. The molecule has 1 amide bonds. The highest BCUT2D eigenvalue weighted by molar-refractivity contribution is 7.89. The summed E-state index contributed by atoms with van der Waals surface area (Å²) in [5.74, 6) is 0.191. The summed E-state index contributed by atoms with van der Waals surface area (Å²) in [7, 11) is -0.347. The third-order valence-electron chi connectivity index (χ3n) is 7.93. The zero-order valence-electron chi connectivity index (χ0n) is 23.2. The van der Waals surface area contributed by atoms with Crippen molar-refractivity contribution in [2.24, 2.45) is 25.9 Å². The van der Waals surface area contributed by atoms with Crippen LogP contribution in [0.25, 0.3) is 10.9 Å². The van der Waals surface area contributed by atoms with Gasteiger partial charge in [0.25, 0.3) is 11.5 Å². The summed E-state index contributed by atoms with van der Waals surface area (Å²) in [6.45, 7) is 3.18. The minimum atomic E-state index is -3.87. The van der Waals surface area contributed by atoms with Gasteiger partial charge in [-0.15, -0.1) is 0 Å². The van der Waals surface area contributed by atoms with Crippen LogP contribution in [0.5, 0.6) is 0 Å². The van der Waals surface area contributed by atoms with Crippen LogP contribution in [0.2, 0.25) is 5.15 Å². The number of benzene rings is 1. The molecule has 1 aliphatic carbocycles. The number of piperidine rings is 1. The largest absolute Gasteiger partial charge is 0.377 e. The number of fused-ring (bicyclic) bond motifs is 2. The van der Waals surface area contributed by atoms with Crippen LogP contribution in [0.1, 0.15) is 40.5 Å². The molecule has 3 aromatic heterocycles. The Morgan fingerprint density at radius 3 is 2.52 bits per heavy atom. The number of nitrogens with zero attached hydrogens (tertiary/aromatic N) is 6. The van der Waals surface area contributed by atoms with Crippen LogP contribution < -0.4 is 20.5 Å². The van der Waals surface area contributed by atoms with Gasteiger partial charge >= 0.3 is 0 Å². The molecular weight excluding hydrogens is 587 g/mol. The van der Waals surface area contributed by atoms with Crippen molar-refractivity contribution in [1.82, 2.24) is 29.0 Å². The molecule has 1 saturated heterocycles. The molecule has 42 heavy (non-hydrogen) atoms. The van der Waals surface area contributed by atoms with Crippen LogP contribution in [-0.2, 0) is 24.1 Å². The zero-order chi connectivity index (χ0) is 30.1. The molecule has 2 fully saturated rings. The topological polar surface area (TPSA) is 144 Å². The number of rotatable bonds is 7. The Bertz CT molecular complexity index is 1920. The Morgan fingerprint density at radius 2 is 1.88 bits per heavy atom. The van der Waals surface area contributed by atoms with Crippen LogP contribution in [0, 0.1) is 17.7 Å². The predicted molar refractivity (Wildman–Crippen MR) is 156 cm³/mol. The van der Waals surface area contributed by atoms with Crippen molar-refractivity contribution in [3.8, 4) is 0 Å². The fourth-order valence-electron chi connectivity index (χ4n) is 6.02. The van der Waals surface area contributed by atoms with E-state index in [1.54, 1.807) is 18.7 Å². The number of carbonyl (C=O) groups is 1. The minimum absolute atomic E-state index is 0.0210. The number of aromatic nitrogens is 5. The van der Waals surface area contributed by atoms with Gasteiger partial charge in [-0.2, -0.15) is 5.10 Å². The highest BCUT2D eigenvalue weighted by atomic mass is 35.5. The molecule has 15 heteroatoms. The average Bonchev–Trinajstić information content (AvgIpc) is 3.20. The van der Waals surface area contributed by atoms with Crippen molar-refractivity contribution < 1.29 is 17.6 Å². The van der Waals surface area contributed by atoms with Crippen LogP contribution in [-0.4, -0.2) is 58.0 Å². The maximum Gasteiger partial charge on any atom is 0.285 e. The predicted octanol–water partition coefficient (Wildman–Crippen LogP) is 2.57. The number of hydrogen-bond donors (Lipinski definition) is 2. The Balaban J connectivity index is 1.33. The maximum absolute atomic E-state index is 14.8. The first-order valence-corrected chi connectivity index (χ1v) is 15.5. The van der Waals surface area contributed by atoms with Gasteiger partial charge < -0.3 is 10.2 Å². The smallest absolute Gasteiger partial charge is 0.285 e. The first-order chi connectivity index (χ1) is 19.8. The molecule has 6 rings (SSSR count). The van der Waals surface area contributed by atoms with E-state index in [1.165, 1.54) is 34.4 Å². The zero-order valence-corrected chi connectivity index (χ0v) is 24.7. The van der Waals surface area contributed by atoms with Gasteiger partial charge in [0.1, 0.15) is 11.0 Å². The number of amides is 1. The molecule has 2 N–H and O–H groups in total. The summed E-state index contributed by atoms with van der Waals surface area (Å²) in [4.78, 5) is 37.1. The van der Waals surface area contributed by atoms with Crippen LogP contribution in [0.15, 0.2) is 41.5 Å². The Hall–Kier alpha value is -4.04. The Morgan fingerprint density at radius 1 is 1.17 bits per heavy atom. The van der Waals surface area contributed by atoms with Gasteiger partial charge in [-0.1, -0.05) is 11.6 Å². The molecule has 0 radical (unpaired) electrons. The average molecular weight is 615 g/mol. The number of halogens is 2. The minimum Gasteiger partial charge on any atom is -0.377 e. The molecule has 4 aromatic rings. The van der Waals surface area contributed by atoms with Gasteiger partial charge in [0.2, 0.25) is 16.0 Å². The normalized spacial score (nSPS) is 20.4. The molecular formula is C27H28ClFN8O4S. The van der Waals surface area contributed by atoms with Gasteiger partial charge in [-0.3, -0.25) is 18.8 Å². The number of nitrogens with one attached hydrogen (secondary N) is 2. The molecule has 1 aliphatic heterocycles. The van der Waals surface area contributed by atoms with Crippen LogP contribution in [0.3, 0.4) is 0 Å². The molecule has 0 bridgehead atoms. The van der Waals surface area contributed by atoms with E-state index in [9.17, 15) is 22.4 Å². The Kier molecular flexibility index (Phi) is 6.72. The molecule has 1 unspecified atom stereocenters. The molecule has 220 valence electrons. The summed E-state index contributed by atoms with van der Waals surface area (Å²) in [6.07, 6.45) is 4.79. The van der Waals surface area contributed by atoms with Gasteiger partial charge in [0.05, 0.1) is 35.1 Å². The third kappa shape index (κ3) is 5.09. The van der Waals surface area contributed by atoms with Gasteiger partial charge in [-0.25, -0.2) is 27.5 Å². The van der Waals surface area contributed by atoms with E-state index in [1.807, 2.05) is 24.2 Å². The summed E-state index contributed by atoms with van der Waals surface area (Å²) >= 11 is 5.98. The quantitative estimate of drug-likeness (QED) is 0.300. The van der Waals surface area contributed by atoms with E-state index in [0.29, 0.717) is 34.8 Å². The molecule has 1 saturated carbocycles. The number of pyridine rings is 1. The van der Waals surface area contributed by atoms with Gasteiger partial charge in [0, 0.05) is 38.9 Å². The summed E-state index contributed by atoms with van der Waals surface area (Å²) in [5.41, 5.74) is 1.44. The fourth-order valence-corrected chi connectivity index (χ4v) is 6.60. The fraction of sp³-hybridized carbons (Fsp3) is 0.370. The molecule has 1 aromatic carbocycles. The summed E-state index contributed by atoms with van der Waals surface area (Å²) in [5, 5.41) is 7.48. The van der Waals surface area contributed by atoms with Gasteiger partial charge in [0.15, 0.2) is 5.69 Å².